The molecule has 32 heavy (non-hydrogen) atoms. The van der Waals surface area contributed by atoms with E-state index in [0.717, 1.165) is 11.6 Å². The minimum absolute atomic E-state index is 0.273. The summed E-state index contributed by atoms with van der Waals surface area (Å²) in [5.41, 5.74) is 2.48. The number of rotatable bonds is 0. The van der Waals surface area contributed by atoms with E-state index in [1.807, 2.05) is 25.1 Å². The van der Waals surface area contributed by atoms with Crippen molar-refractivity contribution in [1.82, 2.24) is 0 Å². The normalized spacial score (nSPS) is 32.9. The van der Waals surface area contributed by atoms with Crippen LogP contribution in [0.3, 0.4) is 0 Å². The van der Waals surface area contributed by atoms with Crippen LogP contribution in [0.2, 0.25) is 0 Å². The van der Waals surface area contributed by atoms with Crippen LogP contribution in [-0.4, -0.2) is 36.2 Å². The van der Waals surface area contributed by atoms with Crippen molar-refractivity contribution in [3.05, 3.63) is 52.6 Å². The van der Waals surface area contributed by atoms with Crippen molar-refractivity contribution in [2.45, 2.75) is 78.2 Å². The largest absolute Gasteiger partial charge is 0.458 e. The Morgan fingerprint density at radius 1 is 1.06 bits per heavy atom. The monoisotopic (exact) mass is 452 g/mol. The first-order valence-corrected chi connectivity index (χ1v) is 10.9. The highest BCUT2D eigenvalue weighted by Gasteiger charge is 2.45. The fourth-order valence-electron chi connectivity index (χ4n) is 4.47. The maximum absolute atomic E-state index is 13.8. The Bertz CT molecular complexity index is 916. The number of alkyl halides is 3. The number of aryl methyl sites for hydroxylation is 2. The summed E-state index contributed by atoms with van der Waals surface area (Å²) in [7, 11) is 0. The van der Waals surface area contributed by atoms with Crippen molar-refractivity contribution < 1.29 is 32.2 Å². The van der Waals surface area contributed by atoms with Gasteiger partial charge in [0, 0.05) is 5.92 Å². The number of hydrogen-bond donors (Lipinski definition) is 0. The molecule has 176 valence electrons. The van der Waals surface area contributed by atoms with Crippen LogP contribution in [0.1, 0.15) is 61.2 Å². The van der Waals surface area contributed by atoms with Gasteiger partial charge in [0.15, 0.2) is 5.79 Å². The van der Waals surface area contributed by atoms with Gasteiger partial charge >= 0.3 is 12.1 Å². The van der Waals surface area contributed by atoms with E-state index in [4.69, 9.17) is 14.2 Å². The van der Waals surface area contributed by atoms with Gasteiger partial charge in [0.05, 0.1) is 17.8 Å². The molecule has 0 amide bonds. The highest BCUT2D eigenvalue weighted by Crippen LogP contribution is 2.37. The molecule has 0 bridgehead atoms. The lowest BCUT2D eigenvalue weighted by atomic mass is 9.93. The molecule has 2 aliphatic heterocycles. The highest BCUT2D eigenvalue weighted by atomic mass is 19.4. The molecule has 0 N–H and O–H groups in total. The first-order chi connectivity index (χ1) is 14.8. The van der Waals surface area contributed by atoms with E-state index in [9.17, 15) is 18.0 Å². The second-order valence-corrected chi connectivity index (χ2v) is 9.24. The topological polar surface area (TPSA) is 44.8 Å². The SMILES string of the molecule is Cc1cc(C)c2c(c1)/C=C/CC1OC(C)(C)OC1C(C)/C=C\C(C(F)(F)F)C(C)OC2=O. The van der Waals surface area contributed by atoms with Crippen LogP contribution in [0.25, 0.3) is 6.08 Å². The first-order valence-electron chi connectivity index (χ1n) is 10.9. The molecule has 0 aromatic heterocycles. The minimum Gasteiger partial charge on any atom is -0.458 e. The van der Waals surface area contributed by atoms with Gasteiger partial charge in [0.1, 0.15) is 12.0 Å². The molecule has 0 radical (unpaired) electrons. The molecule has 0 spiro atoms. The molecular weight excluding hydrogens is 421 g/mol. The summed E-state index contributed by atoms with van der Waals surface area (Å²) in [5, 5.41) is 0. The van der Waals surface area contributed by atoms with Gasteiger partial charge in [0.25, 0.3) is 0 Å². The Labute approximate surface area is 187 Å². The van der Waals surface area contributed by atoms with Gasteiger partial charge < -0.3 is 14.2 Å². The second kappa shape index (κ2) is 9.02. The van der Waals surface area contributed by atoms with E-state index in [1.54, 1.807) is 33.8 Å². The zero-order valence-corrected chi connectivity index (χ0v) is 19.3. The molecule has 5 atom stereocenters. The van der Waals surface area contributed by atoms with E-state index >= 15 is 0 Å². The molecule has 2 heterocycles. The van der Waals surface area contributed by atoms with E-state index in [2.05, 4.69) is 0 Å². The molecule has 5 unspecified atom stereocenters. The highest BCUT2D eigenvalue weighted by molar-refractivity contribution is 5.95. The molecule has 1 fully saturated rings. The van der Waals surface area contributed by atoms with Gasteiger partial charge in [-0.05, 0) is 52.2 Å². The standard InChI is InChI=1S/C25H31F3O4/c1-14-12-16(3)21-18(13-14)8-7-9-20-22(32-24(5,6)31-20)15(2)10-11-19(25(26,27)28)17(4)30-23(21)29/h7-8,10-13,15,17,19-20,22H,9H2,1-6H3/b8-7+,11-10-. The average molecular weight is 453 g/mol. The molecule has 1 aromatic rings. The van der Waals surface area contributed by atoms with Crippen molar-refractivity contribution in [3.8, 4) is 0 Å². The Morgan fingerprint density at radius 2 is 1.75 bits per heavy atom. The lowest BCUT2D eigenvalue weighted by molar-refractivity contribution is -0.182. The maximum atomic E-state index is 13.8. The van der Waals surface area contributed by atoms with E-state index in [0.29, 0.717) is 17.5 Å². The van der Waals surface area contributed by atoms with Gasteiger partial charge in [0.2, 0.25) is 0 Å². The van der Waals surface area contributed by atoms with Gasteiger partial charge in [-0.15, -0.1) is 0 Å². The van der Waals surface area contributed by atoms with Crippen molar-refractivity contribution in [3.63, 3.8) is 0 Å². The summed E-state index contributed by atoms with van der Waals surface area (Å²) in [5.74, 6) is -3.86. The van der Waals surface area contributed by atoms with Crippen molar-refractivity contribution in [2.75, 3.05) is 0 Å². The number of fused-ring (bicyclic) bond motifs is 2. The Morgan fingerprint density at radius 3 is 2.41 bits per heavy atom. The van der Waals surface area contributed by atoms with Crippen molar-refractivity contribution in [2.24, 2.45) is 11.8 Å². The zero-order valence-electron chi connectivity index (χ0n) is 19.3. The number of cyclic esters (lactones) is 1. The molecule has 7 heteroatoms. The van der Waals surface area contributed by atoms with Gasteiger partial charge in [-0.25, -0.2) is 4.79 Å². The fraction of sp³-hybridized carbons (Fsp3) is 0.560. The number of esters is 1. The predicted octanol–water partition coefficient (Wildman–Crippen LogP) is 6.16. The number of hydrogen-bond acceptors (Lipinski definition) is 4. The molecule has 1 saturated heterocycles. The van der Waals surface area contributed by atoms with Crippen LogP contribution in [-0.2, 0) is 14.2 Å². The fourth-order valence-corrected chi connectivity index (χ4v) is 4.47. The lowest BCUT2D eigenvalue weighted by Crippen LogP contribution is -2.35. The summed E-state index contributed by atoms with van der Waals surface area (Å²) >= 11 is 0. The summed E-state index contributed by atoms with van der Waals surface area (Å²) in [6, 6.07) is 3.64. The second-order valence-electron chi connectivity index (χ2n) is 9.24. The Balaban J connectivity index is 2.08. The van der Waals surface area contributed by atoms with Crippen LogP contribution in [0.5, 0.6) is 0 Å². The summed E-state index contributed by atoms with van der Waals surface area (Å²) < 4.78 is 58.9. The molecule has 3 rings (SSSR count). The number of benzene rings is 1. The Kier molecular flexibility index (Phi) is 6.91. The number of ether oxygens (including phenoxy) is 3. The maximum Gasteiger partial charge on any atom is 0.398 e. The molecule has 1 aromatic carbocycles. The minimum atomic E-state index is -4.57. The zero-order chi connectivity index (χ0) is 23.8. The molecular formula is C25H31F3O4. The van der Waals surface area contributed by atoms with E-state index < -0.39 is 36.1 Å². The van der Waals surface area contributed by atoms with Gasteiger partial charge in [-0.3, -0.25) is 0 Å². The molecule has 0 aliphatic carbocycles. The van der Waals surface area contributed by atoms with Gasteiger partial charge in [-0.1, -0.05) is 48.9 Å². The van der Waals surface area contributed by atoms with Crippen molar-refractivity contribution >= 4 is 12.0 Å². The van der Waals surface area contributed by atoms with Crippen molar-refractivity contribution in [1.29, 1.82) is 0 Å². The smallest absolute Gasteiger partial charge is 0.398 e. The third-order valence-electron chi connectivity index (χ3n) is 5.92. The third kappa shape index (κ3) is 5.44. The molecule has 4 nitrogen and oxygen atoms in total. The van der Waals surface area contributed by atoms with Crippen LogP contribution < -0.4 is 0 Å². The first kappa shape index (κ1) is 24.5. The van der Waals surface area contributed by atoms with E-state index in [1.165, 1.54) is 13.0 Å². The van der Waals surface area contributed by atoms with Gasteiger partial charge in [-0.2, -0.15) is 13.2 Å². The summed E-state index contributed by atoms with van der Waals surface area (Å²) in [6.07, 6.45) is 0.0990. The van der Waals surface area contributed by atoms with E-state index in [-0.39, 0.29) is 17.6 Å². The lowest BCUT2D eigenvalue weighted by Gasteiger charge is -2.26. The molecule has 2 aliphatic rings. The summed E-state index contributed by atoms with van der Waals surface area (Å²) in [6.45, 7) is 10.3. The Hall–Kier alpha value is -2.12. The number of carbonyl (C=O) groups excluding carboxylic acids is 1. The van der Waals surface area contributed by atoms with Crippen LogP contribution >= 0.6 is 0 Å². The summed E-state index contributed by atoms with van der Waals surface area (Å²) in [4.78, 5) is 12.9. The predicted molar refractivity (Wildman–Crippen MR) is 116 cm³/mol. The quantitative estimate of drug-likeness (QED) is 0.350. The van der Waals surface area contributed by atoms with Crippen LogP contribution in [0.15, 0.2) is 30.4 Å². The number of carbonyl (C=O) groups is 1. The molecule has 0 saturated carbocycles. The third-order valence-corrected chi connectivity index (χ3v) is 5.92. The van der Waals surface area contributed by atoms with Crippen LogP contribution in [0.4, 0.5) is 13.2 Å². The van der Waals surface area contributed by atoms with Crippen LogP contribution in [0, 0.1) is 25.7 Å². The number of halogens is 3. The average Bonchev–Trinajstić information content (AvgIpc) is 2.94.